The Labute approximate surface area is 128 Å². The molecule has 4 heteroatoms. The van der Waals surface area contributed by atoms with Crippen molar-refractivity contribution in [3.63, 3.8) is 0 Å². The van der Waals surface area contributed by atoms with Crippen molar-refractivity contribution in [2.75, 3.05) is 4.90 Å². The molecule has 0 N–H and O–H groups in total. The Bertz CT molecular complexity index is 649. The van der Waals surface area contributed by atoms with Gasteiger partial charge < -0.3 is 0 Å². The van der Waals surface area contributed by atoms with Gasteiger partial charge in [-0.25, -0.2) is 4.90 Å². The standard InChI is InChI=1S/C17H16ClNO2/c1-9-2-7-12(8-13(9)18)19-16(20)14-10-3-4-11(6-5-10)15(14)17(19)21/h2-4,7-8,10-11,14-15H,5-6H2,1H3/t10-,11+,14-,15?/m1/s1. The van der Waals surface area contributed by atoms with Gasteiger partial charge >= 0.3 is 0 Å². The second-order valence-electron chi connectivity index (χ2n) is 6.29. The van der Waals surface area contributed by atoms with Gasteiger partial charge in [-0.15, -0.1) is 0 Å². The van der Waals surface area contributed by atoms with Crippen LogP contribution in [0.15, 0.2) is 30.4 Å². The average Bonchev–Trinajstić information content (AvgIpc) is 2.78. The fourth-order valence-electron chi connectivity index (χ4n) is 4.05. The number of imide groups is 1. The third-order valence-electron chi connectivity index (χ3n) is 5.17. The Morgan fingerprint density at radius 2 is 1.62 bits per heavy atom. The minimum Gasteiger partial charge on any atom is -0.274 e. The number of hydrogen-bond donors (Lipinski definition) is 0. The van der Waals surface area contributed by atoms with E-state index in [4.69, 9.17) is 11.6 Å². The number of amides is 2. The summed E-state index contributed by atoms with van der Waals surface area (Å²) in [7, 11) is 0. The SMILES string of the molecule is Cc1ccc(N2C(=O)C3[C@H]4C=C[C@H](CC4)[C@H]3C2=O)cc1Cl. The van der Waals surface area contributed by atoms with Crippen molar-refractivity contribution in [2.45, 2.75) is 19.8 Å². The molecule has 1 unspecified atom stereocenters. The van der Waals surface area contributed by atoms with Gasteiger partial charge in [0.05, 0.1) is 17.5 Å². The van der Waals surface area contributed by atoms with Crippen LogP contribution in [0.4, 0.5) is 5.69 Å². The fourth-order valence-corrected chi connectivity index (χ4v) is 4.22. The largest absolute Gasteiger partial charge is 0.274 e. The van der Waals surface area contributed by atoms with Crippen molar-refractivity contribution in [3.05, 3.63) is 40.9 Å². The summed E-state index contributed by atoms with van der Waals surface area (Å²) in [5, 5.41) is 0.587. The first-order valence-electron chi connectivity index (χ1n) is 7.40. The predicted molar refractivity (Wildman–Crippen MR) is 81.0 cm³/mol. The maximum Gasteiger partial charge on any atom is 0.238 e. The number of fused-ring (bicyclic) bond motifs is 1. The van der Waals surface area contributed by atoms with Crippen LogP contribution < -0.4 is 4.90 Å². The van der Waals surface area contributed by atoms with Crippen LogP contribution in [0, 0.1) is 30.6 Å². The molecule has 1 aliphatic heterocycles. The molecule has 5 rings (SSSR count). The van der Waals surface area contributed by atoms with Crippen molar-refractivity contribution in [2.24, 2.45) is 23.7 Å². The molecular weight excluding hydrogens is 286 g/mol. The molecule has 108 valence electrons. The molecule has 1 aromatic rings. The number of benzene rings is 1. The fraction of sp³-hybridized carbons (Fsp3) is 0.412. The van der Waals surface area contributed by atoms with E-state index in [1.54, 1.807) is 6.07 Å². The van der Waals surface area contributed by atoms with E-state index in [0.29, 0.717) is 10.7 Å². The van der Waals surface area contributed by atoms with Gasteiger partial charge in [0.2, 0.25) is 11.8 Å². The molecule has 1 aromatic carbocycles. The second kappa shape index (κ2) is 4.44. The number of carbonyl (C=O) groups is 2. The van der Waals surface area contributed by atoms with E-state index in [1.165, 1.54) is 4.90 Å². The highest BCUT2D eigenvalue weighted by Crippen LogP contribution is 2.50. The van der Waals surface area contributed by atoms with Gasteiger partial charge in [0, 0.05) is 5.02 Å². The van der Waals surface area contributed by atoms with Crippen LogP contribution in [-0.2, 0) is 9.59 Å². The van der Waals surface area contributed by atoms with E-state index in [1.807, 2.05) is 19.1 Å². The molecular formula is C17H16ClNO2. The van der Waals surface area contributed by atoms with E-state index in [2.05, 4.69) is 12.2 Å². The van der Waals surface area contributed by atoms with Crippen LogP contribution in [-0.4, -0.2) is 11.8 Å². The molecule has 3 nitrogen and oxygen atoms in total. The molecule has 4 aliphatic rings. The summed E-state index contributed by atoms with van der Waals surface area (Å²) in [6, 6.07) is 5.39. The van der Waals surface area contributed by atoms with Crippen molar-refractivity contribution in [1.82, 2.24) is 0 Å². The van der Waals surface area contributed by atoms with Gasteiger partial charge in [0.1, 0.15) is 0 Å². The lowest BCUT2D eigenvalue weighted by atomic mass is 9.63. The predicted octanol–water partition coefficient (Wildman–Crippen LogP) is 3.35. The van der Waals surface area contributed by atoms with Crippen molar-refractivity contribution in [1.29, 1.82) is 0 Å². The highest BCUT2D eigenvalue weighted by atomic mass is 35.5. The number of allylic oxidation sites excluding steroid dienone is 2. The molecule has 1 heterocycles. The summed E-state index contributed by atoms with van der Waals surface area (Å²) in [6.45, 7) is 1.91. The van der Waals surface area contributed by atoms with Gasteiger partial charge in [-0.05, 0) is 49.3 Å². The quantitative estimate of drug-likeness (QED) is 0.589. The van der Waals surface area contributed by atoms with Gasteiger partial charge in [0.15, 0.2) is 0 Å². The van der Waals surface area contributed by atoms with Crippen molar-refractivity contribution >= 4 is 29.1 Å². The van der Waals surface area contributed by atoms with E-state index in [9.17, 15) is 9.59 Å². The number of aryl methyl sites for hydroxylation is 1. The van der Waals surface area contributed by atoms with Crippen LogP contribution in [0.5, 0.6) is 0 Å². The zero-order valence-electron chi connectivity index (χ0n) is 11.8. The van der Waals surface area contributed by atoms with Crippen LogP contribution >= 0.6 is 11.6 Å². The lowest BCUT2D eigenvalue weighted by Crippen LogP contribution is -2.38. The zero-order valence-corrected chi connectivity index (χ0v) is 12.5. The van der Waals surface area contributed by atoms with Gasteiger partial charge in [-0.2, -0.15) is 0 Å². The molecule has 4 atom stereocenters. The minimum absolute atomic E-state index is 0.0519. The average molecular weight is 302 g/mol. The summed E-state index contributed by atoms with van der Waals surface area (Å²) in [4.78, 5) is 26.9. The first kappa shape index (κ1) is 13.1. The third kappa shape index (κ3) is 1.73. The highest BCUT2D eigenvalue weighted by molar-refractivity contribution is 6.32. The summed E-state index contributed by atoms with van der Waals surface area (Å²) < 4.78 is 0. The van der Waals surface area contributed by atoms with Gasteiger partial charge in [-0.1, -0.05) is 29.8 Å². The topological polar surface area (TPSA) is 37.4 Å². The number of rotatable bonds is 1. The first-order chi connectivity index (χ1) is 10.1. The molecule has 1 saturated heterocycles. The lowest BCUT2D eigenvalue weighted by molar-refractivity contribution is -0.124. The maximum absolute atomic E-state index is 12.8. The molecule has 2 amide bonds. The van der Waals surface area contributed by atoms with Crippen molar-refractivity contribution < 1.29 is 9.59 Å². The second-order valence-corrected chi connectivity index (χ2v) is 6.69. The van der Waals surface area contributed by atoms with Crippen LogP contribution in [0.3, 0.4) is 0 Å². The Balaban J connectivity index is 1.76. The number of hydrogen-bond acceptors (Lipinski definition) is 2. The molecule has 0 aromatic heterocycles. The van der Waals surface area contributed by atoms with Crippen molar-refractivity contribution in [3.8, 4) is 0 Å². The Morgan fingerprint density at radius 1 is 1.05 bits per heavy atom. The van der Waals surface area contributed by atoms with E-state index >= 15 is 0 Å². The minimum atomic E-state index is -0.165. The summed E-state index contributed by atoms with van der Waals surface area (Å²) in [6.07, 6.45) is 6.30. The number of nitrogens with zero attached hydrogens (tertiary/aromatic N) is 1. The number of anilines is 1. The summed E-state index contributed by atoms with van der Waals surface area (Å²) >= 11 is 6.15. The first-order valence-corrected chi connectivity index (χ1v) is 7.78. The van der Waals surface area contributed by atoms with E-state index in [0.717, 1.165) is 18.4 Å². The van der Waals surface area contributed by atoms with Crippen LogP contribution in [0.1, 0.15) is 18.4 Å². The molecule has 3 aliphatic carbocycles. The smallest absolute Gasteiger partial charge is 0.238 e. The molecule has 2 fully saturated rings. The van der Waals surface area contributed by atoms with E-state index in [-0.39, 0.29) is 35.5 Å². The van der Waals surface area contributed by atoms with Gasteiger partial charge in [-0.3, -0.25) is 9.59 Å². The molecule has 2 bridgehead atoms. The Kier molecular flexibility index (Phi) is 2.77. The van der Waals surface area contributed by atoms with Crippen LogP contribution in [0.25, 0.3) is 0 Å². The Hall–Kier alpha value is -1.61. The molecule has 1 saturated carbocycles. The lowest BCUT2D eigenvalue weighted by Gasteiger charge is -2.38. The Morgan fingerprint density at radius 3 is 2.10 bits per heavy atom. The molecule has 21 heavy (non-hydrogen) atoms. The van der Waals surface area contributed by atoms with Crippen LogP contribution in [0.2, 0.25) is 5.02 Å². The zero-order chi connectivity index (χ0) is 14.7. The molecule has 0 radical (unpaired) electrons. The number of halogens is 1. The van der Waals surface area contributed by atoms with Gasteiger partial charge in [0.25, 0.3) is 0 Å². The monoisotopic (exact) mass is 301 g/mol. The summed E-state index contributed by atoms with van der Waals surface area (Å²) in [5.41, 5.74) is 1.55. The normalized spacial score (nSPS) is 33.7. The molecule has 0 spiro atoms. The third-order valence-corrected chi connectivity index (χ3v) is 5.58. The van der Waals surface area contributed by atoms with E-state index < -0.39 is 0 Å². The summed E-state index contributed by atoms with van der Waals surface area (Å²) in [5.74, 6) is 0.0142. The maximum atomic E-state index is 12.8. The highest BCUT2D eigenvalue weighted by Gasteiger charge is 2.56. The number of carbonyl (C=O) groups excluding carboxylic acids is 2.